The number of nitrogens with zero attached hydrogens (tertiary/aromatic N) is 4. The Bertz CT molecular complexity index is 658. The molecular weight excluding hydrogens is 330 g/mol. The smallest absolute Gasteiger partial charge is 0.194 e. The summed E-state index contributed by atoms with van der Waals surface area (Å²) in [6.07, 6.45) is 2.88. The largest absolute Gasteiger partial charge is 0.360 e. The van der Waals surface area contributed by atoms with Gasteiger partial charge in [0.25, 0.3) is 0 Å². The number of anilines is 1. The summed E-state index contributed by atoms with van der Waals surface area (Å²) < 4.78 is 0. The molecule has 0 spiro atoms. The molecule has 6 heteroatoms. The molecule has 1 N–H and O–H groups in total. The van der Waals surface area contributed by atoms with Crippen molar-refractivity contribution in [1.82, 2.24) is 15.2 Å². The number of piperazine rings is 1. The van der Waals surface area contributed by atoms with Crippen LogP contribution in [0.25, 0.3) is 0 Å². The van der Waals surface area contributed by atoms with Crippen LogP contribution in [0.15, 0.2) is 40.8 Å². The Labute approximate surface area is 154 Å². The number of rotatable bonds is 5. The molecule has 2 aromatic rings. The normalized spacial score (nSPS) is 15.5. The molecule has 25 heavy (non-hydrogen) atoms. The minimum Gasteiger partial charge on any atom is -0.360 e. The van der Waals surface area contributed by atoms with Crippen LogP contribution in [-0.4, -0.2) is 55.1 Å². The van der Waals surface area contributed by atoms with E-state index in [1.54, 1.807) is 0 Å². The molecule has 5 nitrogen and oxygen atoms in total. The first-order valence-electron chi connectivity index (χ1n) is 8.99. The summed E-state index contributed by atoms with van der Waals surface area (Å²) in [7, 11) is 0. The lowest BCUT2D eigenvalue weighted by Gasteiger charge is -2.37. The third-order valence-electron chi connectivity index (χ3n) is 4.37. The number of pyridine rings is 1. The minimum atomic E-state index is 0.790. The average molecular weight is 358 g/mol. The predicted octanol–water partition coefficient (Wildman–Crippen LogP) is 2.78. The van der Waals surface area contributed by atoms with Gasteiger partial charge in [-0.1, -0.05) is 6.07 Å². The molecule has 0 unspecified atom stereocenters. The zero-order valence-corrected chi connectivity index (χ0v) is 15.9. The number of aryl methyl sites for hydroxylation is 1. The molecule has 0 amide bonds. The molecular formula is C19H27N5S. The Morgan fingerprint density at radius 2 is 2.08 bits per heavy atom. The van der Waals surface area contributed by atoms with E-state index in [-0.39, 0.29) is 0 Å². The van der Waals surface area contributed by atoms with Gasteiger partial charge in [-0.25, -0.2) is 0 Å². The summed E-state index contributed by atoms with van der Waals surface area (Å²) in [6.45, 7) is 9.95. The van der Waals surface area contributed by atoms with E-state index in [1.165, 1.54) is 10.6 Å². The molecule has 0 atom stereocenters. The molecule has 2 aromatic heterocycles. The van der Waals surface area contributed by atoms with Gasteiger partial charge in [0.2, 0.25) is 0 Å². The van der Waals surface area contributed by atoms with E-state index in [1.807, 2.05) is 24.5 Å². The maximum Gasteiger partial charge on any atom is 0.194 e. The van der Waals surface area contributed by atoms with Crippen molar-refractivity contribution in [2.75, 3.05) is 44.2 Å². The summed E-state index contributed by atoms with van der Waals surface area (Å²) in [5, 5.41) is 6.96. The van der Waals surface area contributed by atoms with Gasteiger partial charge in [-0.3, -0.25) is 9.98 Å². The Morgan fingerprint density at radius 1 is 1.24 bits per heavy atom. The third kappa shape index (κ3) is 4.95. The molecule has 1 saturated heterocycles. The topological polar surface area (TPSA) is 43.8 Å². The van der Waals surface area contributed by atoms with Crippen LogP contribution in [0, 0.1) is 6.92 Å². The highest BCUT2D eigenvalue weighted by atomic mass is 32.1. The van der Waals surface area contributed by atoms with Crippen molar-refractivity contribution in [3.8, 4) is 0 Å². The van der Waals surface area contributed by atoms with Gasteiger partial charge in [0.15, 0.2) is 5.96 Å². The summed E-state index contributed by atoms with van der Waals surface area (Å²) in [5.41, 5.74) is 2.30. The average Bonchev–Trinajstić information content (AvgIpc) is 3.17. The van der Waals surface area contributed by atoms with Gasteiger partial charge < -0.3 is 15.1 Å². The molecule has 0 saturated carbocycles. The first-order valence-corrected chi connectivity index (χ1v) is 9.87. The summed E-state index contributed by atoms with van der Waals surface area (Å²) >= 11 is 1.82. The van der Waals surface area contributed by atoms with Gasteiger partial charge in [-0.05, 0) is 49.4 Å². The van der Waals surface area contributed by atoms with Crippen LogP contribution in [0.1, 0.15) is 18.2 Å². The number of hydrogen-bond donors (Lipinski definition) is 1. The molecule has 134 valence electrons. The highest BCUT2D eigenvalue weighted by molar-refractivity contribution is 7.14. The van der Waals surface area contributed by atoms with Crippen molar-refractivity contribution in [1.29, 1.82) is 0 Å². The Hall–Kier alpha value is -2.08. The molecule has 0 aromatic carbocycles. The zero-order chi connectivity index (χ0) is 17.5. The number of nitrogens with one attached hydrogen (secondary N) is 1. The van der Waals surface area contributed by atoms with Gasteiger partial charge in [0.1, 0.15) is 0 Å². The number of hydrogen-bond acceptors (Lipinski definition) is 4. The highest BCUT2D eigenvalue weighted by Crippen LogP contribution is 2.22. The first kappa shape index (κ1) is 17.7. The standard InChI is InChI=1S/C19H27N5S/c1-3-20-19(21-9-8-17-7-6-16(2)22-15-17)24-12-10-23(11-13-24)18-5-4-14-25-18/h4-7,14-15H,3,8-13H2,1-2H3,(H,20,21). The fourth-order valence-electron chi connectivity index (χ4n) is 2.95. The zero-order valence-electron chi connectivity index (χ0n) is 15.1. The number of aliphatic imine (C=N–C) groups is 1. The van der Waals surface area contributed by atoms with Crippen molar-refractivity contribution in [3.63, 3.8) is 0 Å². The fraction of sp³-hybridized carbons (Fsp3) is 0.474. The molecule has 1 aliphatic rings. The maximum absolute atomic E-state index is 4.83. The van der Waals surface area contributed by atoms with Crippen molar-refractivity contribution >= 4 is 22.3 Å². The second-order valence-electron chi connectivity index (χ2n) is 6.22. The second-order valence-corrected chi connectivity index (χ2v) is 7.15. The Morgan fingerprint density at radius 3 is 2.72 bits per heavy atom. The van der Waals surface area contributed by atoms with E-state index in [0.29, 0.717) is 0 Å². The summed E-state index contributed by atoms with van der Waals surface area (Å²) in [4.78, 5) is 14.0. The highest BCUT2D eigenvalue weighted by Gasteiger charge is 2.20. The van der Waals surface area contributed by atoms with E-state index < -0.39 is 0 Å². The minimum absolute atomic E-state index is 0.790. The van der Waals surface area contributed by atoms with E-state index in [2.05, 4.69) is 56.7 Å². The van der Waals surface area contributed by atoms with Crippen LogP contribution in [0.5, 0.6) is 0 Å². The van der Waals surface area contributed by atoms with E-state index >= 15 is 0 Å². The lowest BCUT2D eigenvalue weighted by molar-refractivity contribution is 0.373. The molecule has 1 aliphatic heterocycles. The Balaban J connectivity index is 1.54. The second kappa shape index (κ2) is 8.85. The third-order valence-corrected chi connectivity index (χ3v) is 5.30. The van der Waals surface area contributed by atoms with Crippen LogP contribution in [-0.2, 0) is 6.42 Å². The lowest BCUT2D eigenvalue weighted by Crippen LogP contribution is -2.52. The van der Waals surface area contributed by atoms with Crippen molar-refractivity contribution in [3.05, 3.63) is 47.1 Å². The predicted molar refractivity (Wildman–Crippen MR) is 107 cm³/mol. The summed E-state index contributed by atoms with van der Waals surface area (Å²) in [6, 6.07) is 8.53. The van der Waals surface area contributed by atoms with Crippen LogP contribution >= 0.6 is 11.3 Å². The van der Waals surface area contributed by atoms with E-state index in [0.717, 1.165) is 57.3 Å². The number of aromatic nitrogens is 1. The van der Waals surface area contributed by atoms with Crippen LogP contribution in [0.4, 0.5) is 5.00 Å². The monoisotopic (exact) mass is 357 g/mol. The number of thiophene rings is 1. The molecule has 0 radical (unpaired) electrons. The Kier molecular flexibility index (Phi) is 6.28. The SMILES string of the molecule is CCNC(=NCCc1ccc(C)nc1)N1CCN(c2cccs2)CC1. The maximum atomic E-state index is 4.83. The van der Waals surface area contributed by atoms with Gasteiger partial charge in [0, 0.05) is 51.2 Å². The van der Waals surface area contributed by atoms with Gasteiger partial charge in [-0.2, -0.15) is 0 Å². The van der Waals surface area contributed by atoms with Crippen LogP contribution in [0.3, 0.4) is 0 Å². The van der Waals surface area contributed by atoms with E-state index in [9.17, 15) is 0 Å². The summed E-state index contributed by atoms with van der Waals surface area (Å²) in [5.74, 6) is 1.04. The van der Waals surface area contributed by atoms with Gasteiger partial charge >= 0.3 is 0 Å². The number of guanidine groups is 1. The molecule has 3 rings (SSSR count). The van der Waals surface area contributed by atoms with Gasteiger partial charge in [0.05, 0.1) is 5.00 Å². The van der Waals surface area contributed by atoms with Crippen LogP contribution in [0.2, 0.25) is 0 Å². The van der Waals surface area contributed by atoms with Gasteiger partial charge in [-0.15, -0.1) is 11.3 Å². The van der Waals surface area contributed by atoms with Crippen molar-refractivity contribution in [2.24, 2.45) is 4.99 Å². The van der Waals surface area contributed by atoms with Crippen LogP contribution < -0.4 is 10.2 Å². The molecule has 1 fully saturated rings. The first-order chi connectivity index (χ1) is 12.3. The lowest BCUT2D eigenvalue weighted by atomic mass is 10.2. The molecule has 3 heterocycles. The fourth-order valence-corrected chi connectivity index (χ4v) is 3.74. The molecule has 0 aliphatic carbocycles. The van der Waals surface area contributed by atoms with E-state index in [4.69, 9.17) is 4.99 Å². The molecule has 0 bridgehead atoms. The van der Waals surface area contributed by atoms with Crippen molar-refractivity contribution in [2.45, 2.75) is 20.3 Å². The van der Waals surface area contributed by atoms with Crippen molar-refractivity contribution < 1.29 is 0 Å². The quantitative estimate of drug-likeness (QED) is 0.660.